The van der Waals surface area contributed by atoms with Gasteiger partial charge in [0.25, 0.3) is 0 Å². The van der Waals surface area contributed by atoms with Gasteiger partial charge in [0, 0.05) is 30.5 Å². The van der Waals surface area contributed by atoms with Crippen LogP contribution >= 0.6 is 62.2 Å². The number of rotatable bonds is 4. The summed E-state index contributed by atoms with van der Waals surface area (Å²) in [6.07, 6.45) is 6.96. The van der Waals surface area contributed by atoms with Gasteiger partial charge >= 0.3 is 0 Å². The molecule has 5 aliphatic rings. The van der Waals surface area contributed by atoms with Crippen LogP contribution in [0.25, 0.3) is 0 Å². The van der Waals surface area contributed by atoms with E-state index in [1.165, 1.54) is 0 Å². The van der Waals surface area contributed by atoms with Crippen molar-refractivity contribution in [3.8, 4) is 0 Å². The summed E-state index contributed by atoms with van der Waals surface area (Å²) in [6, 6.07) is -0.245. The number of alkyl halides is 3. The molecule has 1 spiro atoms. The van der Waals surface area contributed by atoms with E-state index in [-0.39, 0.29) is 29.1 Å². The summed E-state index contributed by atoms with van der Waals surface area (Å²) in [6.45, 7) is 8.60. The van der Waals surface area contributed by atoms with Gasteiger partial charge < -0.3 is 9.47 Å². The van der Waals surface area contributed by atoms with Crippen molar-refractivity contribution in [1.29, 1.82) is 0 Å². The second kappa shape index (κ2) is 7.99. The first-order chi connectivity index (χ1) is 15.6. The number of carbonyl (C=O) groups is 1. The minimum Gasteiger partial charge on any atom is -0.347 e. The minimum absolute atomic E-state index is 0.0332. The second-order valence-electron chi connectivity index (χ2n) is 11.4. The van der Waals surface area contributed by atoms with E-state index in [1.807, 2.05) is 0 Å². The maximum Gasteiger partial charge on any atom is 0.174 e. The molecule has 1 aliphatic heterocycles. The molecular weight excluding hydrogens is 759 g/mol. The van der Waals surface area contributed by atoms with Crippen LogP contribution in [0.2, 0.25) is 0 Å². The molecule has 0 aromatic carbocycles. The number of carbonyl (C=O) groups excluding carboxylic acids is 1. The first-order valence-corrected chi connectivity index (χ1v) is 19.7. The highest BCUT2D eigenvalue weighted by Gasteiger charge is 2.84. The van der Waals surface area contributed by atoms with Crippen molar-refractivity contribution in [3.63, 3.8) is 0 Å². The zero-order valence-corrected chi connectivity index (χ0v) is 26.5. The lowest BCUT2D eigenvalue weighted by Crippen LogP contribution is -2.80. The van der Waals surface area contributed by atoms with Gasteiger partial charge in [0.2, 0.25) is 0 Å². The van der Waals surface area contributed by atoms with Gasteiger partial charge in [-0.3, -0.25) is 4.79 Å². The highest BCUT2D eigenvalue weighted by atomic mass is 127. The fourth-order valence-corrected chi connectivity index (χ4v) is 22.0. The molecule has 5 rings (SSSR count). The molecule has 4 aliphatic carbocycles. The van der Waals surface area contributed by atoms with Crippen LogP contribution in [-0.2, 0) is 14.3 Å². The molecule has 5 nitrogen and oxygen atoms in total. The maximum absolute atomic E-state index is 14.4. The van der Waals surface area contributed by atoms with Gasteiger partial charge in [-0.15, -0.1) is 62.2 Å². The fourth-order valence-electron chi connectivity index (χ4n) is 9.10. The Morgan fingerprint density at radius 3 is 2.06 bits per heavy atom. The predicted octanol–water partition coefficient (Wildman–Crippen LogP) is 6.05. The zero-order valence-electron chi connectivity index (χ0n) is 20.0. The van der Waals surface area contributed by atoms with Crippen LogP contribution in [0.5, 0.6) is 0 Å². The third-order valence-corrected chi connectivity index (χ3v) is 23.5. The number of ether oxygens (including phenoxy) is 2. The molecule has 1 saturated heterocycles. The summed E-state index contributed by atoms with van der Waals surface area (Å²) in [5.41, 5.74) is -0.359. The van der Waals surface area contributed by atoms with Gasteiger partial charge in [-0.1, -0.05) is 39.5 Å². The van der Waals surface area contributed by atoms with E-state index < -0.39 is 71.4 Å². The number of fused-ring (bicyclic) bond motifs is 6. The number of Topliss-reactive ketones (excluding diaryl/α,β-unsaturated/α-hetero) is 1. The molecule has 0 radical (unpaired) electrons. The number of nitrogens with zero attached hydrogens (tertiary/aromatic N) is 1. The lowest BCUT2D eigenvalue weighted by Gasteiger charge is -2.75. The van der Waals surface area contributed by atoms with Crippen LogP contribution in [0.4, 0.5) is 0 Å². The lowest BCUT2D eigenvalue weighted by molar-refractivity contribution is -0.253. The molecule has 0 amide bonds. The van der Waals surface area contributed by atoms with Gasteiger partial charge in [-0.25, -0.2) is 0 Å². The van der Waals surface area contributed by atoms with E-state index in [0.717, 1.165) is 38.5 Å². The summed E-state index contributed by atoms with van der Waals surface area (Å²) < 4.78 is 26.2. The van der Waals surface area contributed by atoms with Gasteiger partial charge in [0.15, 0.2) is 5.79 Å². The molecular formula is C25H36I3NO4. The molecule has 0 N–H and O–H groups in total. The van der Waals surface area contributed by atoms with Gasteiger partial charge in [-0.05, 0) is 43.9 Å². The van der Waals surface area contributed by atoms with Gasteiger partial charge in [0.05, 0.1) is 22.7 Å². The highest BCUT2D eigenvalue weighted by molar-refractivity contribution is 14.2. The van der Waals surface area contributed by atoms with Gasteiger partial charge in [-0.2, -0.15) is 4.91 Å². The standard InChI is InChI=1S/C25H36I3NO4/c1-19-10-12-25(32-13-14-33-25)20(19,2)9-11-23(27-5)21(3)8-7-17(29-31)15-22(21,26-4)18(30)16-24(19,23)28-6/h17H,4-16H2,1-3H3/t17-,19+,20-,21-,22-,23-,24+/m0/s1. The van der Waals surface area contributed by atoms with Crippen LogP contribution in [0, 0.1) is 21.2 Å². The number of nitroso groups, excluding NO2 is 1. The Bertz CT molecular complexity index is 952. The van der Waals surface area contributed by atoms with Crippen molar-refractivity contribution in [2.75, 3.05) is 13.2 Å². The first-order valence-electron chi connectivity index (χ1n) is 11.9. The van der Waals surface area contributed by atoms with E-state index in [1.54, 1.807) is 0 Å². The molecule has 33 heavy (non-hydrogen) atoms. The molecule has 0 bridgehead atoms. The van der Waals surface area contributed by atoms with Crippen molar-refractivity contribution in [2.45, 2.75) is 94.2 Å². The minimum atomic E-state index is -0.646. The SMILES string of the molecule is C=I[C@]12CC[C@]3(C)C4(CC[C@@]3(C)[C@]1(I=C)CC(=O)[C@@]1(I=C)C[C@@H](N=O)CC[C@]21C)OCCO4. The number of ketones is 1. The van der Waals surface area contributed by atoms with Crippen molar-refractivity contribution < 1.29 is 14.3 Å². The first kappa shape index (κ1) is 25.6. The molecule has 0 aromatic heterocycles. The smallest absolute Gasteiger partial charge is 0.174 e. The van der Waals surface area contributed by atoms with Crippen molar-refractivity contribution >= 4 is 81.5 Å². The van der Waals surface area contributed by atoms with Crippen molar-refractivity contribution in [1.82, 2.24) is 0 Å². The molecule has 0 unspecified atom stereocenters. The van der Waals surface area contributed by atoms with Crippen LogP contribution in [-0.4, -0.2) is 54.6 Å². The topological polar surface area (TPSA) is 65.0 Å². The quantitative estimate of drug-likeness (QED) is 0.198. The Labute approximate surface area is 227 Å². The highest BCUT2D eigenvalue weighted by Crippen LogP contribution is 2.83. The lowest BCUT2D eigenvalue weighted by atomic mass is 9.40. The van der Waals surface area contributed by atoms with Crippen LogP contribution in [0.3, 0.4) is 0 Å². The third kappa shape index (κ3) is 2.57. The Kier molecular flexibility index (Phi) is 6.21. The monoisotopic (exact) mass is 795 g/mol. The molecule has 186 valence electrons. The summed E-state index contributed by atoms with van der Waals surface area (Å²) in [7, 11) is 0. The molecule has 4 saturated carbocycles. The third-order valence-electron chi connectivity index (χ3n) is 11.2. The molecule has 1 heterocycles. The second-order valence-corrected chi connectivity index (χ2v) is 19.2. The Hall–Kier alpha value is 0.990. The predicted molar refractivity (Wildman–Crippen MR) is 162 cm³/mol. The number of hydrogen-bond donors (Lipinski definition) is 0. The Morgan fingerprint density at radius 2 is 1.48 bits per heavy atom. The fraction of sp³-hybridized carbons (Fsp3) is 0.840. The van der Waals surface area contributed by atoms with E-state index in [0.29, 0.717) is 31.8 Å². The summed E-state index contributed by atoms with van der Waals surface area (Å²) >= 11 is -1.61. The summed E-state index contributed by atoms with van der Waals surface area (Å²) in [4.78, 5) is 26.1. The average molecular weight is 795 g/mol. The summed E-state index contributed by atoms with van der Waals surface area (Å²) in [5.74, 6) is -0.145. The van der Waals surface area contributed by atoms with E-state index in [2.05, 4.69) is 30.5 Å². The van der Waals surface area contributed by atoms with Crippen molar-refractivity contribution in [2.24, 2.45) is 21.4 Å². The summed E-state index contributed by atoms with van der Waals surface area (Å²) in [5, 5.41) is 3.46. The number of halogens is 3. The van der Waals surface area contributed by atoms with E-state index in [9.17, 15) is 9.70 Å². The normalized spacial score (nSPS) is 52.8. The van der Waals surface area contributed by atoms with Gasteiger partial charge in [0.1, 0.15) is 5.78 Å². The van der Waals surface area contributed by atoms with Crippen LogP contribution in [0.15, 0.2) is 5.18 Å². The van der Waals surface area contributed by atoms with E-state index in [4.69, 9.17) is 18.5 Å². The largest absolute Gasteiger partial charge is 0.347 e. The van der Waals surface area contributed by atoms with E-state index >= 15 is 0 Å². The Balaban J connectivity index is 1.76. The maximum atomic E-state index is 14.4. The molecule has 8 heteroatoms. The molecule has 0 aromatic rings. The average Bonchev–Trinajstić information content (AvgIpc) is 3.39. The Morgan fingerprint density at radius 1 is 0.848 bits per heavy atom. The zero-order chi connectivity index (χ0) is 24.0. The van der Waals surface area contributed by atoms with Crippen LogP contribution in [0.1, 0.15) is 72.1 Å². The van der Waals surface area contributed by atoms with Crippen molar-refractivity contribution in [3.05, 3.63) is 4.91 Å². The van der Waals surface area contributed by atoms with Crippen LogP contribution < -0.4 is 0 Å². The molecule has 5 fully saturated rings. The molecule has 7 atom stereocenters. The number of hydrogen-bond acceptors (Lipinski definition) is 5.